The Morgan fingerprint density at radius 3 is 2.48 bits per heavy atom. The van der Waals surface area contributed by atoms with Gasteiger partial charge in [0.25, 0.3) is 0 Å². The second kappa shape index (κ2) is 7.75. The van der Waals surface area contributed by atoms with Crippen LogP contribution in [0.4, 0.5) is 5.69 Å². The molecule has 0 radical (unpaired) electrons. The number of hydrazine groups is 1. The average Bonchev–Trinajstić information content (AvgIpc) is 2.95. The molecule has 1 aromatic carbocycles. The molecule has 2 rings (SSSR count). The molecule has 0 saturated carbocycles. The molecule has 7 heteroatoms. The molecule has 0 aliphatic carbocycles. The zero-order chi connectivity index (χ0) is 16.8. The van der Waals surface area contributed by atoms with Gasteiger partial charge in [0.15, 0.2) is 16.6 Å². The van der Waals surface area contributed by atoms with E-state index in [1.165, 1.54) is 4.90 Å². The third-order valence-corrected chi connectivity index (χ3v) is 3.22. The molecule has 2 aromatic rings. The summed E-state index contributed by atoms with van der Waals surface area (Å²) in [5.74, 6) is 0.625. The number of thiocarbonyl (C=S) groups is 1. The van der Waals surface area contributed by atoms with Crippen LogP contribution in [0.2, 0.25) is 0 Å². The first-order valence-electron chi connectivity index (χ1n) is 7.26. The van der Waals surface area contributed by atoms with Gasteiger partial charge in [-0.05, 0) is 43.4 Å². The maximum Gasteiger partial charge on any atom is 0.305 e. The molecule has 6 nitrogen and oxygen atoms in total. The maximum atomic E-state index is 12.0. The number of amides is 1. The molecular weight excluding hydrogens is 312 g/mol. The van der Waals surface area contributed by atoms with Gasteiger partial charge in [0.1, 0.15) is 6.54 Å². The first-order chi connectivity index (χ1) is 10.9. The Morgan fingerprint density at radius 2 is 1.83 bits per heavy atom. The molecule has 0 saturated heterocycles. The number of carbonyl (C=O) groups is 1. The number of quaternary nitrogens is 1. The summed E-state index contributed by atoms with van der Waals surface area (Å²) in [6.07, 6.45) is 0. The van der Waals surface area contributed by atoms with E-state index in [2.05, 4.69) is 16.2 Å². The van der Waals surface area contributed by atoms with Gasteiger partial charge in [0.2, 0.25) is 0 Å². The fourth-order valence-corrected chi connectivity index (χ4v) is 2.09. The van der Waals surface area contributed by atoms with Gasteiger partial charge in [0, 0.05) is 5.69 Å². The van der Waals surface area contributed by atoms with Crippen molar-refractivity contribution in [3.8, 4) is 0 Å². The molecule has 1 amide bonds. The fourth-order valence-electron chi connectivity index (χ4n) is 1.92. The van der Waals surface area contributed by atoms with Crippen LogP contribution in [0.1, 0.15) is 21.9 Å². The quantitative estimate of drug-likeness (QED) is 0.494. The van der Waals surface area contributed by atoms with Gasteiger partial charge in [-0.3, -0.25) is 15.6 Å². The summed E-state index contributed by atoms with van der Waals surface area (Å²) in [6.45, 7) is 2.73. The highest BCUT2D eigenvalue weighted by atomic mass is 32.1. The van der Waals surface area contributed by atoms with Crippen LogP contribution in [0.25, 0.3) is 0 Å². The smallest absolute Gasteiger partial charge is 0.305 e. The third-order valence-electron chi connectivity index (χ3n) is 3.01. The highest BCUT2D eigenvalue weighted by Crippen LogP contribution is 2.08. The molecule has 122 valence electrons. The van der Waals surface area contributed by atoms with Crippen molar-refractivity contribution in [3.05, 3.63) is 53.5 Å². The van der Waals surface area contributed by atoms with E-state index in [9.17, 15) is 4.79 Å². The monoisotopic (exact) mass is 333 g/mol. The second-order valence-corrected chi connectivity index (χ2v) is 5.96. The van der Waals surface area contributed by atoms with Crippen LogP contribution in [0.3, 0.4) is 0 Å². The Morgan fingerprint density at radius 1 is 1.13 bits per heavy atom. The van der Waals surface area contributed by atoms with Crippen molar-refractivity contribution in [3.63, 3.8) is 0 Å². The first-order valence-corrected chi connectivity index (χ1v) is 7.66. The van der Waals surface area contributed by atoms with Crippen LogP contribution in [-0.2, 0) is 6.54 Å². The Balaban J connectivity index is 1.82. The topological polar surface area (TPSA) is 70.7 Å². The van der Waals surface area contributed by atoms with Gasteiger partial charge >= 0.3 is 5.91 Å². The molecule has 0 fully saturated rings. The normalized spacial score (nSPS) is 10.4. The van der Waals surface area contributed by atoms with Gasteiger partial charge < -0.3 is 14.6 Å². The number of carbonyl (C=O) groups excluding carboxylic acids is 1. The zero-order valence-corrected chi connectivity index (χ0v) is 14.2. The predicted octanol–water partition coefficient (Wildman–Crippen LogP) is 0.864. The molecule has 0 unspecified atom stereocenters. The number of nitrogens with one attached hydrogen (secondary N) is 4. The molecule has 0 spiro atoms. The van der Waals surface area contributed by atoms with Gasteiger partial charge in [-0.25, -0.2) is 0 Å². The molecule has 0 aliphatic rings. The largest absolute Gasteiger partial charge is 0.450 e. The lowest BCUT2D eigenvalue weighted by molar-refractivity contribution is -0.873. The molecule has 0 bridgehead atoms. The van der Waals surface area contributed by atoms with Crippen molar-refractivity contribution < 1.29 is 14.1 Å². The van der Waals surface area contributed by atoms with E-state index in [1.807, 2.05) is 45.3 Å². The van der Waals surface area contributed by atoms with Gasteiger partial charge in [-0.1, -0.05) is 17.7 Å². The van der Waals surface area contributed by atoms with E-state index >= 15 is 0 Å². The lowest BCUT2D eigenvalue weighted by atomic mass is 10.2. The van der Waals surface area contributed by atoms with Crippen LogP contribution in [0.5, 0.6) is 0 Å². The number of rotatable bonds is 4. The summed E-state index contributed by atoms with van der Waals surface area (Å²) in [6, 6.07) is 11.2. The molecule has 1 aromatic heterocycles. The second-order valence-electron chi connectivity index (χ2n) is 5.55. The molecule has 1 heterocycles. The maximum absolute atomic E-state index is 12.0. The van der Waals surface area contributed by atoms with E-state index in [0.717, 1.165) is 17.0 Å². The van der Waals surface area contributed by atoms with E-state index in [1.54, 1.807) is 12.1 Å². The summed E-state index contributed by atoms with van der Waals surface area (Å²) < 4.78 is 5.48. The van der Waals surface area contributed by atoms with Crippen LogP contribution >= 0.6 is 12.2 Å². The summed E-state index contributed by atoms with van der Waals surface area (Å²) in [7, 11) is 4.03. The van der Waals surface area contributed by atoms with Crippen molar-refractivity contribution >= 4 is 28.9 Å². The third kappa shape index (κ3) is 5.39. The van der Waals surface area contributed by atoms with Crippen LogP contribution in [0, 0.1) is 6.92 Å². The standard InChI is InChI=1S/C16H20N4O2S/c1-11-4-6-12(7-5-11)17-16(23)19-18-15(21)14-9-8-13(22-14)10-20(2)3/h4-9H,10H2,1-3H3,(H,18,21)(H2,17,19,23)/p+1. The molecule has 0 aliphatic heterocycles. The summed E-state index contributed by atoms with van der Waals surface area (Å²) in [5.41, 5.74) is 7.16. The Kier molecular flexibility index (Phi) is 5.72. The lowest BCUT2D eigenvalue weighted by Gasteiger charge is -2.11. The Labute approximate surface area is 140 Å². The first kappa shape index (κ1) is 17.0. The summed E-state index contributed by atoms with van der Waals surface area (Å²) in [4.78, 5) is 13.2. The number of anilines is 1. The summed E-state index contributed by atoms with van der Waals surface area (Å²) >= 11 is 5.13. The summed E-state index contributed by atoms with van der Waals surface area (Å²) in [5, 5.41) is 3.28. The van der Waals surface area contributed by atoms with Gasteiger partial charge in [-0.2, -0.15) is 0 Å². The number of furan rings is 1. The Hall–Kier alpha value is -2.38. The SMILES string of the molecule is Cc1ccc(NC(=S)NNC(=O)c2ccc(C[NH+](C)C)o2)cc1. The van der Waals surface area contributed by atoms with E-state index in [0.29, 0.717) is 11.7 Å². The Bertz CT molecular complexity index is 680. The number of aryl methyl sites for hydroxylation is 1. The van der Waals surface area contributed by atoms with Crippen molar-refractivity contribution in [2.24, 2.45) is 0 Å². The van der Waals surface area contributed by atoms with E-state index < -0.39 is 0 Å². The molecular formula is C16H21N4O2S+. The minimum absolute atomic E-state index is 0.242. The average molecular weight is 333 g/mol. The minimum Gasteiger partial charge on any atom is -0.450 e. The zero-order valence-electron chi connectivity index (χ0n) is 13.4. The fraction of sp³-hybridized carbons (Fsp3) is 0.250. The van der Waals surface area contributed by atoms with E-state index in [4.69, 9.17) is 16.6 Å². The van der Waals surface area contributed by atoms with Crippen molar-refractivity contribution in [2.45, 2.75) is 13.5 Å². The highest BCUT2D eigenvalue weighted by molar-refractivity contribution is 7.80. The minimum atomic E-state index is -0.377. The van der Waals surface area contributed by atoms with E-state index in [-0.39, 0.29) is 11.7 Å². The van der Waals surface area contributed by atoms with Gasteiger partial charge in [-0.15, -0.1) is 0 Å². The van der Waals surface area contributed by atoms with Crippen LogP contribution in [-0.4, -0.2) is 25.1 Å². The number of hydrogen-bond acceptors (Lipinski definition) is 3. The van der Waals surface area contributed by atoms with Gasteiger partial charge in [0.05, 0.1) is 14.1 Å². The van der Waals surface area contributed by atoms with Crippen LogP contribution < -0.4 is 21.1 Å². The van der Waals surface area contributed by atoms with Crippen molar-refractivity contribution in [1.29, 1.82) is 0 Å². The number of benzene rings is 1. The van der Waals surface area contributed by atoms with Crippen LogP contribution in [0.15, 0.2) is 40.8 Å². The highest BCUT2D eigenvalue weighted by Gasteiger charge is 2.12. The predicted molar refractivity (Wildman–Crippen MR) is 93.2 cm³/mol. The molecule has 4 N–H and O–H groups in total. The molecule has 0 atom stereocenters. The molecule has 23 heavy (non-hydrogen) atoms. The van der Waals surface area contributed by atoms with Crippen molar-refractivity contribution in [2.75, 3.05) is 19.4 Å². The lowest BCUT2D eigenvalue weighted by Crippen LogP contribution is -3.04. The van der Waals surface area contributed by atoms with Crippen molar-refractivity contribution in [1.82, 2.24) is 10.9 Å². The number of hydrogen-bond donors (Lipinski definition) is 4.